The zero-order valence-electron chi connectivity index (χ0n) is 19.1. The van der Waals surface area contributed by atoms with Crippen LogP contribution in [0.3, 0.4) is 0 Å². The second-order valence-corrected chi connectivity index (χ2v) is 11.2. The van der Waals surface area contributed by atoms with Crippen molar-refractivity contribution in [1.29, 1.82) is 0 Å². The highest BCUT2D eigenvalue weighted by Gasteiger charge is 2.42. The molecule has 0 saturated heterocycles. The minimum Gasteiger partial charge on any atom is -0.370 e. The number of rotatable bonds is 4. The summed E-state index contributed by atoms with van der Waals surface area (Å²) in [7, 11) is -7.64. The summed E-state index contributed by atoms with van der Waals surface area (Å²) in [6.07, 6.45) is 2.56. The summed E-state index contributed by atoms with van der Waals surface area (Å²) in [5, 5.41) is -3.43. The van der Waals surface area contributed by atoms with E-state index in [2.05, 4.69) is 21.8 Å². The van der Waals surface area contributed by atoms with Crippen LogP contribution < -0.4 is 21.8 Å². The van der Waals surface area contributed by atoms with Crippen LogP contribution in [0.25, 0.3) is 11.3 Å². The van der Waals surface area contributed by atoms with Crippen molar-refractivity contribution < 1.29 is 30.5 Å². The Morgan fingerprint density at radius 1 is 1.03 bits per heavy atom. The quantitative estimate of drug-likeness (QED) is 0.117. The summed E-state index contributed by atoms with van der Waals surface area (Å²) in [5.74, 6) is 5.40. The number of aliphatic imine (C=N–C) groups is 2. The summed E-state index contributed by atoms with van der Waals surface area (Å²) in [6.45, 7) is 0. The lowest BCUT2D eigenvalue weighted by molar-refractivity contribution is -0.660. The fraction of sp³-hybridized carbons (Fsp3) is 0.227. The Bertz CT molecular complexity index is 1550. The van der Waals surface area contributed by atoms with Gasteiger partial charge in [-0.2, -0.15) is 21.8 Å². The lowest BCUT2D eigenvalue weighted by atomic mass is 9.97. The first-order valence-corrected chi connectivity index (χ1v) is 13.4. The third-order valence-corrected chi connectivity index (χ3v) is 8.10. The summed E-state index contributed by atoms with van der Waals surface area (Å²) in [6, 6.07) is 10.7. The van der Waals surface area contributed by atoms with Crippen molar-refractivity contribution in [3.8, 4) is 23.1 Å². The van der Waals surface area contributed by atoms with Gasteiger partial charge < -0.3 is 17.2 Å². The van der Waals surface area contributed by atoms with Crippen LogP contribution in [0.4, 0.5) is 5.69 Å². The van der Waals surface area contributed by atoms with Crippen LogP contribution in [0, 0.1) is 11.8 Å². The van der Waals surface area contributed by atoms with Crippen molar-refractivity contribution in [2.75, 3.05) is 0 Å². The molecule has 1 aromatic carbocycles. The number of allylic oxidation sites excluding steroid dienone is 2. The number of hydrogen-bond donors (Lipinski definition) is 5. The Balaban J connectivity index is 2.10. The van der Waals surface area contributed by atoms with Gasteiger partial charge in [-0.15, -0.1) is 0 Å². The first kappa shape index (κ1) is 26.8. The van der Waals surface area contributed by atoms with Gasteiger partial charge in [0.15, 0.2) is 12.2 Å². The maximum atomic E-state index is 11.8. The van der Waals surface area contributed by atoms with Crippen molar-refractivity contribution in [2.45, 2.75) is 23.3 Å². The van der Waals surface area contributed by atoms with E-state index in [4.69, 9.17) is 17.2 Å². The molecule has 3 rings (SSSR count). The predicted molar refractivity (Wildman–Crippen MR) is 135 cm³/mol. The smallest absolute Gasteiger partial charge is 0.269 e. The van der Waals surface area contributed by atoms with Gasteiger partial charge in [-0.25, -0.2) is 9.56 Å². The monoisotopic (exact) mass is 533 g/mol. The average molecular weight is 534 g/mol. The van der Waals surface area contributed by atoms with Crippen molar-refractivity contribution in [1.82, 2.24) is 0 Å². The van der Waals surface area contributed by atoms with Gasteiger partial charge in [-0.1, -0.05) is 17.9 Å². The molecule has 0 aliphatic heterocycles. The van der Waals surface area contributed by atoms with Gasteiger partial charge in [0.05, 0.1) is 11.3 Å². The van der Waals surface area contributed by atoms with Crippen molar-refractivity contribution in [3.05, 3.63) is 59.8 Å². The molecule has 2 aromatic rings. The summed E-state index contributed by atoms with van der Waals surface area (Å²) >= 11 is 0. The zero-order chi connectivity index (χ0) is 26.7. The number of aromatic nitrogens is 1. The number of pyridine rings is 1. The van der Waals surface area contributed by atoms with Gasteiger partial charge in [-0.05, 0) is 36.3 Å². The highest BCUT2D eigenvalue weighted by molar-refractivity contribution is 7.90. The molecule has 12 nitrogen and oxygen atoms in total. The van der Waals surface area contributed by atoms with Crippen LogP contribution >= 0.6 is 0 Å². The standard InChI is InChI=1S/C22H24N6O6S2/c1-28-11-3-2-4-18(28)17-9-8-16(26-22(25)27-21(23)24)13-15(17)7-5-14-6-10-19(35(29,30)31)20(12-14)36(32,33)34/h2-4,6,8-9,11,13,19-20H,10,12H2,1H3,(H7,23,24,25,27,29,30,31,32,33,34)/p+1/t19-,20+/m0/s1. The van der Waals surface area contributed by atoms with E-state index in [1.54, 1.807) is 18.2 Å². The first-order chi connectivity index (χ1) is 16.8. The molecule has 14 heteroatoms. The second-order valence-electron chi connectivity index (χ2n) is 7.96. The number of benzene rings is 1. The van der Waals surface area contributed by atoms with E-state index in [0.29, 0.717) is 11.3 Å². The van der Waals surface area contributed by atoms with Gasteiger partial charge in [0.1, 0.15) is 17.5 Å². The molecule has 190 valence electrons. The number of hydrogen-bond acceptors (Lipinski definition) is 5. The van der Waals surface area contributed by atoms with E-state index < -0.39 is 30.7 Å². The van der Waals surface area contributed by atoms with Crippen LogP contribution in [0.5, 0.6) is 0 Å². The molecule has 0 amide bonds. The Kier molecular flexibility index (Phi) is 7.80. The van der Waals surface area contributed by atoms with E-state index in [9.17, 15) is 25.9 Å². The molecule has 1 heterocycles. The van der Waals surface area contributed by atoms with Gasteiger partial charge in [0.25, 0.3) is 20.2 Å². The Labute approximate surface area is 208 Å². The van der Waals surface area contributed by atoms with Crippen LogP contribution in [0.2, 0.25) is 0 Å². The van der Waals surface area contributed by atoms with Crippen molar-refractivity contribution in [2.24, 2.45) is 34.2 Å². The van der Waals surface area contributed by atoms with Crippen molar-refractivity contribution >= 4 is 37.8 Å². The molecule has 0 bridgehead atoms. The van der Waals surface area contributed by atoms with Gasteiger partial charge in [-0.3, -0.25) is 9.11 Å². The summed E-state index contributed by atoms with van der Waals surface area (Å²) in [4.78, 5) is 7.82. The molecule has 2 atom stereocenters. The van der Waals surface area contributed by atoms with E-state index in [-0.39, 0.29) is 30.3 Å². The van der Waals surface area contributed by atoms with Crippen LogP contribution in [-0.2, 0) is 27.3 Å². The zero-order valence-corrected chi connectivity index (χ0v) is 20.7. The van der Waals surface area contributed by atoms with Crippen LogP contribution in [-0.4, -0.2) is 48.4 Å². The fourth-order valence-corrected chi connectivity index (χ4v) is 6.27. The third kappa shape index (κ3) is 6.67. The molecule has 1 aromatic heterocycles. The van der Waals surface area contributed by atoms with Crippen LogP contribution in [0.1, 0.15) is 18.4 Å². The van der Waals surface area contributed by atoms with Crippen molar-refractivity contribution in [3.63, 3.8) is 0 Å². The van der Waals surface area contributed by atoms with E-state index in [1.807, 2.05) is 36.0 Å². The second kappa shape index (κ2) is 10.5. The molecule has 36 heavy (non-hydrogen) atoms. The maximum absolute atomic E-state index is 11.8. The number of nitrogens with zero attached hydrogens (tertiary/aromatic N) is 3. The van der Waals surface area contributed by atoms with Gasteiger partial charge in [0, 0.05) is 24.1 Å². The minimum atomic E-state index is -4.78. The Hall–Kier alpha value is -3.77. The van der Waals surface area contributed by atoms with E-state index in [0.717, 1.165) is 11.3 Å². The Morgan fingerprint density at radius 3 is 2.33 bits per heavy atom. The molecule has 0 radical (unpaired) electrons. The molecular weight excluding hydrogens is 508 g/mol. The largest absolute Gasteiger partial charge is 0.370 e. The normalized spacial score (nSPS) is 18.5. The van der Waals surface area contributed by atoms with Gasteiger partial charge >= 0.3 is 0 Å². The highest BCUT2D eigenvalue weighted by atomic mass is 32.2. The summed E-state index contributed by atoms with van der Waals surface area (Å²) in [5.41, 5.74) is 19.1. The summed E-state index contributed by atoms with van der Waals surface area (Å²) < 4.78 is 67.7. The molecule has 8 N–H and O–H groups in total. The molecule has 1 aliphatic rings. The molecule has 0 unspecified atom stereocenters. The molecule has 1 aliphatic carbocycles. The lowest BCUT2D eigenvalue weighted by Gasteiger charge is -2.25. The minimum absolute atomic E-state index is 0.172. The highest BCUT2D eigenvalue weighted by Crippen LogP contribution is 2.29. The number of guanidine groups is 2. The fourth-order valence-electron chi connectivity index (χ4n) is 3.72. The molecular formula is C22H25N6O6S2+. The molecule has 0 spiro atoms. The van der Waals surface area contributed by atoms with E-state index in [1.165, 1.54) is 6.08 Å². The predicted octanol–water partition coefficient (Wildman–Crippen LogP) is -0.0178. The first-order valence-electron chi connectivity index (χ1n) is 10.4. The van der Waals surface area contributed by atoms with Gasteiger partial charge in [0.2, 0.25) is 11.7 Å². The van der Waals surface area contributed by atoms with Crippen LogP contribution in [0.15, 0.2) is 64.2 Å². The third-order valence-electron chi connectivity index (χ3n) is 5.38. The molecule has 0 fully saturated rings. The maximum Gasteiger partial charge on any atom is 0.269 e. The Morgan fingerprint density at radius 2 is 1.72 bits per heavy atom. The lowest BCUT2D eigenvalue weighted by Crippen LogP contribution is -2.41. The van der Waals surface area contributed by atoms with E-state index >= 15 is 0 Å². The average Bonchev–Trinajstić information content (AvgIpc) is 2.76. The topological polar surface area (TPSA) is 215 Å². The number of nitrogens with two attached hydrogens (primary N) is 3. The number of aryl methyl sites for hydroxylation is 1. The molecule has 0 saturated carbocycles. The SMILES string of the molecule is C[n+]1ccccc1-c1ccc(N=C(N)N=C(N)N)cc1C#CC1=CC[C@H](S(=O)(=O)O)[C@H](S(=O)(=O)O)C1.